The van der Waals surface area contributed by atoms with Crippen LogP contribution >= 0.6 is 0 Å². The summed E-state index contributed by atoms with van der Waals surface area (Å²) < 4.78 is 43.2. The second kappa shape index (κ2) is 8.12. The standard InChI is InChI=1S/C21H25F3N4O2/c1-21(2,3)17(20(30)25-4)27-19(29)16-15-7-5-6-8-28(15)18(26-16)11-9-13(23)14(24)10-12(11)22/h9-10,17H,5-8H2,1-4H3,(H,25,30)(H,27,29)/t17-/m1/s1. The predicted octanol–water partition coefficient (Wildman–Crippen LogP) is 3.19. The number of carbonyl (C=O) groups excluding carboxylic acids is 2. The monoisotopic (exact) mass is 422 g/mol. The van der Waals surface area contributed by atoms with Crippen molar-refractivity contribution in [2.24, 2.45) is 5.41 Å². The van der Waals surface area contributed by atoms with Crippen LogP contribution in [0, 0.1) is 22.9 Å². The fourth-order valence-electron chi connectivity index (χ4n) is 3.64. The van der Waals surface area contributed by atoms with Gasteiger partial charge in [-0.25, -0.2) is 18.2 Å². The summed E-state index contributed by atoms with van der Waals surface area (Å²) >= 11 is 0. The zero-order chi connectivity index (χ0) is 22.2. The summed E-state index contributed by atoms with van der Waals surface area (Å²) in [7, 11) is 1.48. The number of aromatic nitrogens is 2. The summed E-state index contributed by atoms with van der Waals surface area (Å²) in [6.45, 7) is 5.93. The van der Waals surface area contributed by atoms with Gasteiger partial charge in [-0.15, -0.1) is 0 Å². The minimum Gasteiger partial charge on any atom is -0.357 e. The molecule has 2 N–H and O–H groups in total. The molecule has 1 aromatic heterocycles. The zero-order valence-electron chi connectivity index (χ0n) is 17.4. The second-order valence-electron chi connectivity index (χ2n) is 8.47. The Hall–Kier alpha value is -2.84. The number of amides is 2. The van der Waals surface area contributed by atoms with Gasteiger partial charge in [0.2, 0.25) is 5.91 Å². The van der Waals surface area contributed by atoms with E-state index in [0.717, 1.165) is 18.9 Å². The molecule has 0 bridgehead atoms. The first kappa shape index (κ1) is 21.9. The Morgan fingerprint density at radius 3 is 2.40 bits per heavy atom. The summed E-state index contributed by atoms with van der Waals surface area (Å²) in [4.78, 5) is 29.6. The molecule has 9 heteroatoms. The fraction of sp³-hybridized carbons (Fsp3) is 0.476. The second-order valence-corrected chi connectivity index (χ2v) is 8.47. The summed E-state index contributed by atoms with van der Waals surface area (Å²) in [5.74, 6) is -4.30. The lowest BCUT2D eigenvalue weighted by Crippen LogP contribution is -2.53. The van der Waals surface area contributed by atoms with Crippen LogP contribution in [-0.4, -0.2) is 34.5 Å². The van der Waals surface area contributed by atoms with E-state index in [0.29, 0.717) is 24.7 Å². The molecule has 0 aliphatic carbocycles. The molecule has 0 saturated carbocycles. The average Bonchev–Trinajstić information content (AvgIpc) is 3.07. The van der Waals surface area contributed by atoms with Crippen LogP contribution in [0.4, 0.5) is 13.2 Å². The van der Waals surface area contributed by atoms with Crippen LogP contribution < -0.4 is 10.6 Å². The number of hydrogen-bond acceptors (Lipinski definition) is 3. The van der Waals surface area contributed by atoms with Crippen molar-refractivity contribution in [1.29, 1.82) is 0 Å². The fourth-order valence-corrected chi connectivity index (χ4v) is 3.64. The number of imidazole rings is 1. The van der Waals surface area contributed by atoms with Gasteiger partial charge < -0.3 is 15.2 Å². The topological polar surface area (TPSA) is 76.0 Å². The molecule has 2 amide bonds. The molecule has 1 aliphatic heterocycles. The van der Waals surface area contributed by atoms with E-state index in [1.165, 1.54) is 7.05 Å². The van der Waals surface area contributed by atoms with Crippen LogP contribution in [0.5, 0.6) is 0 Å². The molecule has 0 fully saturated rings. The van der Waals surface area contributed by atoms with Gasteiger partial charge in [-0.2, -0.15) is 0 Å². The number of carbonyl (C=O) groups is 2. The lowest BCUT2D eigenvalue weighted by molar-refractivity contribution is -0.124. The van der Waals surface area contributed by atoms with Gasteiger partial charge in [0.15, 0.2) is 11.6 Å². The molecule has 0 spiro atoms. The smallest absolute Gasteiger partial charge is 0.272 e. The average molecular weight is 422 g/mol. The van der Waals surface area contributed by atoms with Gasteiger partial charge in [-0.05, 0) is 30.7 Å². The van der Waals surface area contributed by atoms with Crippen molar-refractivity contribution < 1.29 is 22.8 Å². The van der Waals surface area contributed by atoms with E-state index in [-0.39, 0.29) is 23.0 Å². The van der Waals surface area contributed by atoms with Gasteiger partial charge >= 0.3 is 0 Å². The number of benzene rings is 1. The Balaban J connectivity index is 2.06. The van der Waals surface area contributed by atoms with E-state index in [1.54, 1.807) is 4.57 Å². The zero-order valence-corrected chi connectivity index (χ0v) is 17.4. The molecule has 162 valence electrons. The maximum Gasteiger partial charge on any atom is 0.272 e. The molecular weight excluding hydrogens is 397 g/mol. The third-order valence-electron chi connectivity index (χ3n) is 5.23. The minimum absolute atomic E-state index is 0.0620. The molecule has 6 nitrogen and oxygen atoms in total. The number of fused-ring (bicyclic) bond motifs is 1. The van der Waals surface area contributed by atoms with E-state index < -0.39 is 34.8 Å². The predicted molar refractivity (Wildman–Crippen MR) is 105 cm³/mol. The van der Waals surface area contributed by atoms with Crippen LogP contribution in [0.1, 0.15) is 49.8 Å². The van der Waals surface area contributed by atoms with Gasteiger partial charge in [0.25, 0.3) is 5.91 Å². The molecule has 0 saturated heterocycles. The number of likely N-dealkylation sites (N-methyl/N-ethyl adjacent to an activating group) is 1. The molecule has 2 heterocycles. The van der Waals surface area contributed by atoms with Crippen molar-refractivity contribution in [3.63, 3.8) is 0 Å². The summed E-state index contributed by atoms with van der Waals surface area (Å²) in [6.07, 6.45) is 2.12. The molecule has 1 aliphatic rings. The Bertz CT molecular complexity index is 995. The highest BCUT2D eigenvalue weighted by molar-refractivity contribution is 5.98. The van der Waals surface area contributed by atoms with Crippen molar-refractivity contribution in [3.05, 3.63) is 41.0 Å². The Labute approximate surface area is 172 Å². The van der Waals surface area contributed by atoms with Crippen molar-refractivity contribution >= 4 is 11.8 Å². The number of nitrogens with zero attached hydrogens (tertiary/aromatic N) is 2. The number of hydrogen-bond donors (Lipinski definition) is 2. The Morgan fingerprint density at radius 2 is 1.77 bits per heavy atom. The first-order valence-electron chi connectivity index (χ1n) is 9.81. The maximum atomic E-state index is 14.4. The van der Waals surface area contributed by atoms with E-state index in [2.05, 4.69) is 15.6 Å². The number of nitrogens with one attached hydrogen (secondary N) is 2. The van der Waals surface area contributed by atoms with Gasteiger partial charge in [-0.3, -0.25) is 9.59 Å². The van der Waals surface area contributed by atoms with E-state index in [1.807, 2.05) is 20.8 Å². The summed E-state index contributed by atoms with van der Waals surface area (Å²) in [5, 5.41) is 5.25. The highest BCUT2D eigenvalue weighted by Gasteiger charge is 2.34. The molecular formula is C21H25F3N4O2. The van der Waals surface area contributed by atoms with Crippen LogP contribution in [-0.2, 0) is 17.8 Å². The largest absolute Gasteiger partial charge is 0.357 e. The molecule has 2 aromatic rings. The summed E-state index contributed by atoms with van der Waals surface area (Å²) in [6, 6.07) is 0.397. The van der Waals surface area contributed by atoms with Crippen molar-refractivity contribution in [2.45, 2.75) is 52.6 Å². The van der Waals surface area contributed by atoms with Gasteiger partial charge in [0, 0.05) is 19.7 Å². The third kappa shape index (κ3) is 4.06. The van der Waals surface area contributed by atoms with E-state index in [9.17, 15) is 22.8 Å². The van der Waals surface area contributed by atoms with E-state index in [4.69, 9.17) is 0 Å². The van der Waals surface area contributed by atoms with Crippen molar-refractivity contribution in [1.82, 2.24) is 20.2 Å². The van der Waals surface area contributed by atoms with Crippen LogP contribution in [0.2, 0.25) is 0 Å². The highest BCUT2D eigenvalue weighted by atomic mass is 19.2. The SMILES string of the molecule is CNC(=O)[C@@H](NC(=O)c1nc(-c2cc(F)c(F)cc2F)n2c1CCCC2)C(C)(C)C. The lowest BCUT2D eigenvalue weighted by atomic mass is 9.86. The molecule has 1 aromatic carbocycles. The van der Waals surface area contributed by atoms with Crippen LogP contribution in [0.25, 0.3) is 11.4 Å². The van der Waals surface area contributed by atoms with Gasteiger partial charge in [0.05, 0.1) is 11.3 Å². The maximum absolute atomic E-state index is 14.4. The molecule has 30 heavy (non-hydrogen) atoms. The van der Waals surface area contributed by atoms with Crippen molar-refractivity contribution in [2.75, 3.05) is 7.05 Å². The third-order valence-corrected chi connectivity index (χ3v) is 5.23. The first-order valence-corrected chi connectivity index (χ1v) is 9.81. The van der Waals surface area contributed by atoms with Crippen LogP contribution in [0.15, 0.2) is 12.1 Å². The molecule has 0 radical (unpaired) electrons. The van der Waals surface area contributed by atoms with Gasteiger partial charge in [-0.1, -0.05) is 20.8 Å². The summed E-state index contributed by atoms with van der Waals surface area (Å²) in [5.41, 5.74) is -0.130. The molecule has 3 rings (SSSR count). The minimum atomic E-state index is -1.29. The lowest BCUT2D eigenvalue weighted by Gasteiger charge is -2.29. The quantitative estimate of drug-likeness (QED) is 0.743. The Kier molecular flexibility index (Phi) is 5.92. The van der Waals surface area contributed by atoms with Crippen molar-refractivity contribution in [3.8, 4) is 11.4 Å². The van der Waals surface area contributed by atoms with Crippen LogP contribution in [0.3, 0.4) is 0 Å². The van der Waals surface area contributed by atoms with Gasteiger partial charge in [0.1, 0.15) is 23.4 Å². The number of halogens is 3. The normalized spacial score (nSPS) is 14.8. The van der Waals surface area contributed by atoms with E-state index >= 15 is 0 Å². The Morgan fingerprint density at radius 1 is 1.10 bits per heavy atom. The molecule has 1 atom stereocenters. The molecule has 0 unspecified atom stereocenters. The highest BCUT2D eigenvalue weighted by Crippen LogP contribution is 2.31. The number of rotatable bonds is 4. The first-order chi connectivity index (χ1) is 14.0.